The largest absolute Gasteiger partial charge is 0.468 e. The Kier molecular flexibility index (Phi) is 12.0. The molecule has 37 heavy (non-hydrogen) atoms. The minimum Gasteiger partial charge on any atom is -0.468 e. The number of hydrogen-bond donors (Lipinski definition) is 3. The second-order valence-electron chi connectivity index (χ2n) is 9.76. The highest BCUT2D eigenvalue weighted by Gasteiger charge is 2.39. The lowest BCUT2D eigenvalue weighted by Gasteiger charge is -2.38. The quantitative estimate of drug-likeness (QED) is 0.356. The molecule has 1 rings (SSSR count). The summed E-state index contributed by atoms with van der Waals surface area (Å²) < 4.78 is 9.94. The number of nitrogens with two attached hydrogens (primary N) is 1. The Bertz CT molecular complexity index is 974. The molecule has 0 bridgehead atoms. The van der Waals surface area contributed by atoms with Gasteiger partial charge in [-0.05, 0) is 58.6 Å². The van der Waals surface area contributed by atoms with Gasteiger partial charge in [-0.15, -0.1) is 0 Å². The molecule has 0 radical (unpaired) electrons. The zero-order valence-corrected chi connectivity index (χ0v) is 22.8. The van der Waals surface area contributed by atoms with Crippen LogP contribution in [0.5, 0.6) is 0 Å². The third-order valence-electron chi connectivity index (χ3n) is 5.63. The molecule has 0 fully saturated rings. The molecular formula is C26H40N4O7. The highest BCUT2D eigenvalue weighted by Crippen LogP contribution is 2.29. The van der Waals surface area contributed by atoms with Crippen LogP contribution >= 0.6 is 0 Å². The predicted molar refractivity (Wildman–Crippen MR) is 137 cm³/mol. The first-order valence-corrected chi connectivity index (χ1v) is 12.2. The van der Waals surface area contributed by atoms with Gasteiger partial charge < -0.3 is 30.7 Å². The van der Waals surface area contributed by atoms with Crippen LogP contribution < -0.4 is 16.4 Å². The summed E-state index contributed by atoms with van der Waals surface area (Å²) in [5.41, 5.74) is 5.79. The second-order valence-corrected chi connectivity index (χ2v) is 9.76. The van der Waals surface area contributed by atoms with E-state index in [1.54, 1.807) is 58.9 Å². The Morgan fingerprint density at radius 1 is 1.11 bits per heavy atom. The van der Waals surface area contributed by atoms with E-state index >= 15 is 0 Å². The van der Waals surface area contributed by atoms with Crippen molar-refractivity contribution in [2.24, 2.45) is 5.73 Å². The zero-order chi connectivity index (χ0) is 28.3. The Morgan fingerprint density at radius 3 is 2.24 bits per heavy atom. The van der Waals surface area contributed by atoms with Crippen LogP contribution in [0.1, 0.15) is 71.0 Å². The highest BCUT2D eigenvalue weighted by molar-refractivity contribution is 5.93. The molecule has 0 spiro atoms. The molecule has 1 aromatic carbocycles. The van der Waals surface area contributed by atoms with Gasteiger partial charge >= 0.3 is 12.1 Å². The van der Waals surface area contributed by atoms with E-state index in [-0.39, 0.29) is 19.4 Å². The summed E-state index contributed by atoms with van der Waals surface area (Å²) in [5.74, 6) is -2.49. The lowest BCUT2D eigenvalue weighted by atomic mass is 9.95. The standard InChI is InChI=1S/C26H40N4O7/c1-8-17(3)30(24(34)19(13-14-20(27)31)29-25(35)37-26(4,5)6)22(18-12-10-9-11-16(18)2)23(33)28-15-21(32)36-7/h9-12,17,19,22H,8,13-15H2,1-7H3,(H2,27,31)(H,28,33)(H,29,35). The molecule has 4 N–H and O–H groups in total. The Balaban J connectivity index is 3.55. The summed E-state index contributed by atoms with van der Waals surface area (Å²) in [6, 6.07) is 4.28. The third kappa shape index (κ3) is 10.1. The topological polar surface area (TPSA) is 157 Å². The summed E-state index contributed by atoms with van der Waals surface area (Å²) in [5, 5.41) is 5.08. The third-order valence-corrected chi connectivity index (χ3v) is 5.63. The van der Waals surface area contributed by atoms with Gasteiger partial charge in [-0.25, -0.2) is 4.79 Å². The van der Waals surface area contributed by atoms with Crippen molar-refractivity contribution in [2.75, 3.05) is 13.7 Å². The van der Waals surface area contributed by atoms with Crippen LogP contribution in [0.2, 0.25) is 0 Å². The van der Waals surface area contributed by atoms with Crippen molar-refractivity contribution in [1.82, 2.24) is 15.5 Å². The van der Waals surface area contributed by atoms with E-state index < -0.39 is 53.5 Å². The first kappa shape index (κ1) is 31.4. The number of hydrogen-bond acceptors (Lipinski definition) is 7. The zero-order valence-electron chi connectivity index (χ0n) is 22.8. The number of alkyl carbamates (subject to hydrolysis) is 1. The lowest BCUT2D eigenvalue weighted by Crippen LogP contribution is -2.56. The number of nitrogens with one attached hydrogen (secondary N) is 2. The average molecular weight is 521 g/mol. The maximum absolute atomic E-state index is 14.0. The number of primary amides is 1. The average Bonchev–Trinajstić information content (AvgIpc) is 2.81. The first-order chi connectivity index (χ1) is 17.2. The van der Waals surface area contributed by atoms with Crippen molar-refractivity contribution in [2.45, 2.75) is 84.5 Å². The van der Waals surface area contributed by atoms with E-state index in [9.17, 15) is 24.0 Å². The van der Waals surface area contributed by atoms with Gasteiger partial charge in [0.2, 0.25) is 17.7 Å². The summed E-state index contributed by atoms with van der Waals surface area (Å²) in [4.78, 5) is 64.7. The summed E-state index contributed by atoms with van der Waals surface area (Å²) in [6.45, 7) is 10.1. The maximum atomic E-state index is 14.0. The number of aryl methyl sites for hydroxylation is 1. The van der Waals surface area contributed by atoms with Crippen LogP contribution in [0.4, 0.5) is 4.79 Å². The molecule has 0 aliphatic rings. The van der Waals surface area contributed by atoms with Crippen molar-refractivity contribution >= 4 is 29.8 Å². The molecule has 0 saturated heterocycles. The van der Waals surface area contributed by atoms with Crippen LogP contribution in [-0.4, -0.2) is 66.0 Å². The fraction of sp³-hybridized carbons (Fsp3) is 0.577. The van der Waals surface area contributed by atoms with Crippen molar-refractivity contribution in [3.05, 3.63) is 35.4 Å². The normalized spacial score (nSPS) is 13.5. The van der Waals surface area contributed by atoms with Gasteiger partial charge in [0.1, 0.15) is 24.2 Å². The van der Waals surface area contributed by atoms with E-state index in [2.05, 4.69) is 15.4 Å². The molecule has 3 atom stereocenters. The van der Waals surface area contributed by atoms with E-state index in [0.29, 0.717) is 12.0 Å². The van der Waals surface area contributed by atoms with Crippen molar-refractivity contribution in [3.63, 3.8) is 0 Å². The van der Waals surface area contributed by atoms with Crippen molar-refractivity contribution < 1.29 is 33.4 Å². The minimum absolute atomic E-state index is 0.0926. The fourth-order valence-corrected chi connectivity index (χ4v) is 3.61. The number of methoxy groups -OCH3 is 1. The second kappa shape index (κ2) is 14.2. The Morgan fingerprint density at radius 2 is 1.73 bits per heavy atom. The van der Waals surface area contributed by atoms with Crippen LogP contribution in [-0.2, 0) is 28.7 Å². The van der Waals surface area contributed by atoms with Crippen molar-refractivity contribution in [1.29, 1.82) is 0 Å². The predicted octanol–water partition coefficient (Wildman–Crippen LogP) is 2.11. The van der Waals surface area contributed by atoms with E-state index in [4.69, 9.17) is 10.5 Å². The number of amides is 4. The highest BCUT2D eigenvalue weighted by atomic mass is 16.6. The molecule has 0 aliphatic carbocycles. The van der Waals surface area contributed by atoms with Crippen LogP contribution in [0, 0.1) is 6.92 Å². The molecule has 0 aromatic heterocycles. The first-order valence-electron chi connectivity index (χ1n) is 12.2. The van der Waals surface area contributed by atoms with Gasteiger partial charge in [-0.2, -0.15) is 0 Å². The van der Waals surface area contributed by atoms with Gasteiger partial charge in [0.25, 0.3) is 0 Å². The lowest BCUT2D eigenvalue weighted by molar-refractivity contribution is -0.146. The number of carbonyl (C=O) groups excluding carboxylic acids is 5. The minimum atomic E-state index is -1.20. The monoisotopic (exact) mass is 520 g/mol. The van der Waals surface area contributed by atoms with Crippen LogP contribution in [0.25, 0.3) is 0 Å². The molecule has 0 saturated carbocycles. The van der Waals surface area contributed by atoms with E-state index in [1.165, 1.54) is 12.0 Å². The molecule has 1 aromatic rings. The molecule has 11 nitrogen and oxygen atoms in total. The molecule has 0 aliphatic heterocycles. The van der Waals surface area contributed by atoms with Crippen LogP contribution in [0.3, 0.4) is 0 Å². The van der Waals surface area contributed by atoms with Gasteiger partial charge in [0.05, 0.1) is 7.11 Å². The number of esters is 1. The van der Waals surface area contributed by atoms with Crippen LogP contribution in [0.15, 0.2) is 24.3 Å². The number of ether oxygens (including phenoxy) is 2. The molecule has 3 unspecified atom stereocenters. The smallest absolute Gasteiger partial charge is 0.408 e. The number of nitrogens with zero attached hydrogens (tertiary/aromatic N) is 1. The summed E-state index contributed by atoms with van der Waals surface area (Å²) in [6.07, 6.45) is -0.635. The SMILES string of the molecule is CCC(C)N(C(=O)C(CCC(N)=O)NC(=O)OC(C)(C)C)C(C(=O)NCC(=O)OC)c1ccccc1C. The molecule has 11 heteroatoms. The number of carbonyl (C=O) groups is 5. The van der Waals surface area contributed by atoms with Gasteiger partial charge in [0.15, 0.2) is 0 Å². The molecular weight excluding hydrogens is 480 g/mol. The van der Waals surface area contributed by atoms with E-state index in [1.807, 2.05) is 6.92 Å². The van der Waals surface area contributed by atoms with E-state index in [0.717, 1.165) is 5.56 Å². The summed E-state index contributed by atoms with van der Waals surface area (Å²) >= 11 is 0. The maximum Gasteiger partial charge on any atom is 0.408 e. The fourth-order valence-electron chi connectivity index (χ4n) is 3.61. The van der Waals surface area contributed by atoms with Crippen molar-refractivity contribution in [3.8, 4) is 0 Å². The number of rotatable bonds is 12. The molecule has 206 valence electrons. The summed E-state index contributed by atoms with van der Waals surface area (Å²) in [7, 11) is 1.20. The van der Waals surface area contributed by atoms with Gasteiger partial charge in [-0.1, -0.05) is 31.2 Å². The van der Waals surface area contributed by atoms with Gasteiger partial charge in [-0.3, -0.25) is 19.2 Å². The Labute approximate surface area is 218 Å². The number of benzene rings is 1. The molecule has 0 heterocycles. The van der Waals surface area contributed by atoms with Gasteiger partial charge in [0, 0.05) is 12.5 Å². The molecule has 4 amide bonds. The Hall–Kier alpha value is -3.63.